The molecule has 3 heterocycles. The van der Waals surface area contributed by atoms with Gasteiger partial charge in [0.2, 0.25) is 0 Å². The summed E-state index contributed by atoms with van der Waals surface area (Å²) in [6.45, 7) is 6.00. The van der Waals surface area contributed by atoms with E-state index in [1.165, 1.54) is 38.5 Å². The van der Waals surface area contributed by atoms with E-state index in [9.17, 15) is 0 Å². The van der Waals surface area contributed by atoms with Gasteiger partial charge in [0.05, 0.1) is 0 Å². The molecule has 0 spiro atoms. The van der Waals surface area contributed by atoms with Crippen molar-refractivity contribution >= 4 is 0 Å². The van der Waals surface area contributed by atoms with Crippen molar-refractivity contribution in [3.05, 3.63) is 0 Å². The minimum Gasteiger partial charge on any atom is -1.00 e. The topological polar surface area (TPSA) is 27.7 Å². The third kappa shape index (κ3) is 21.9. The molecule has 3 aliphatic heterocycles. The molecule has 0 bridgehead atoms. The van der Waals surface area contributed by atoms with Crippen LogP contribution in [0.4, 0.5) is 0 Å². The van der Waals surface area contributed by atoms with E-state index >= 15 is 0 Å². The first kappa shape index (κ1) is 28.6. The molecule has 0 atom stereocenters. The number of hydrogen-bond donors (Lipinski definition) is 0. The molecule has 0 N–H and O–H groups in total. The molecule has 115 valence electrons. The Hall–Kier alpha value is 1.46. The van der Waals surface area contributed by atoms with Crippen LogP contribution >= 0.6 is 0 Å². The Bertz CT molecular complexity index is 86.8. The summed E-state index contributed by atoms with van der Waals surface area (Å²) in [5.74, 6) is 0. The van der Waals surface area contributed by atoms with Gasteiger partial charge >= 0.3 is 21.7 Å². The summed E-state index contributed by atoms with van der Waals surface area (Å²) in [5, 5.41) is 0. The maximum atomic E-state index is 4.94. The average molecular weight is 371 g/mol. The quantitative estimate of drug-likeness (QED) is 0.397. The van der Waals surface area contributed by atoms with Gasteiger partial charge in [0.15, 0.2) is 0 Å². The first-order chi connectivity index (χ1) is 7.50. The molecule has 3 fully saturated rings. The van der Waals surface area contributed by atoms with Crippen LogP contribution in [0.1, 0.15) is 38.5 Å². The zero-order chi connectivity index (χ0) is 10.6. The molecule has 0 saturated carbocycles. The van der Waals surface area contributed by atoms with Crippen molar-refractivity contribution < 1.29 is 73.1 Å². The fraction of sp³-hybridized carbons (Fsp3) is 1.00. The minimum atomic E-state index is 0. The Labute approximate surface area is 151 Å². The Balaban J connectivity index is -0.0000000804. The number of halogens is 3. The summed E-state index contributed by atoms with van der Waals surface area (Å²) >= 11 is 0. The molecule has 7 heteroatoms. The zero-order valence-corrected chi connectivity index (χ0v) is 15.2. The van der Waals surface area contributed by atoms with Crippen LogP contribution in [0.25, 0.3) is 0 Å². The standard InChI is InChI=1S/3C4H8O.3ClH.Ti/c3*1-2-4-5-3-1;;;;/h3*1-4H2;3*1H;/q;;;;;;+3/p-3. The first-order valence-corrected chi connectivity index (χ1v) is 6.23. The molecular formula is C12H24Cl3O3Ti. The summed E-state index contributed by atoms with van der Waals surface area (Å²) in [4.78, 5) is 0. The van der Waals surface area contributed by atoms with Gasteiger partial charge in [-0.25, -0.2) is 0 Å². The molecular weight excluding hydrogens is 346 g/mol. The Morgan fingerprint density at radius 1 is 0.368 bits per heavy atom. The third-order valence-electron chi connectivity index (χ3n) is 2.48. The van der Waals surface area contributed by atoms with Crippen molar-refractivity contribution in [2.24, 2.45) is 0 Å². The molecule has 19 heavy (non-hydrogen) atoms. The SMILES string of the molecule is C1CCOC1.C1CCOC1.C1CCOC1.[Cl-].[Cl-].[Cl-].[Ti+3]. The molecule has 0 aliphatic carbocycles. The number of rotatable bonds is 0. The van der Waals surface area contributed by atoms with E-state index in [4.69, 9.17) is 14.2 Å². The zero-order valence-electron chi connectivity index (χ0n) is 11.3. The maximum absolute atomic E-state index is 4.94. The maximum Gasteiger partial charge on any atom is 3.00 e. The van der Waals surface area contributed by atoms with Gasteiger partial charge in [-0.3, -0.25) is 0 Å². The monoisotopic (exact) mass is 369 g/mol. The van der Waals surface area contributed by atoms with Crippen molar-refractivity contribution in [1.29, 1.82) is 0 Å². The molecule has 0 amide bonds. The Morgan fingerprint density at radius 3 is 0.579 bits per heavy atom. The molecule has 3 aliphatic rings. The normalized spacial score (nSPS) is 18.9. The predicted octanol–water partition coefficient (Wildman–Crippen LogP) is -6.60. The van der Waals surface area contributed by atoms with Crippen LogP contribution in [-0.2, 0) is 35.9 Å². The molecule has 0 aromatic heterocycles. The van der Waals surface area contributed by atoms with Crippen LogP contribution in [0.5, 0.6) is 0 Å². The summed E-state index contributed by atoms with van der Waals surface area (Å²) in [5.41, 5.74) is 0. The molecule has 1 radical (unpaired) electrons. The molecule has 0 aromatic carbocycles. The fourth-order valence-electron chi connectivity index (χ4n) is 1.53. The second-order valence-electron chi connectivity index (χ2n) is 3.96. The van der Waals surface area contributed by atoms with Gasteiger partial charge in [0.1, 0.15) is 0 Å². The van der Waals surface area contributed by atoms with E-state index in [-0.39, 0.29) is 58.9 Å². The first-order valence-electron chi connectivity index (χ1n) is 6.23. The molecule has 0 unspecified atom stereocenters. The van der Waals surface area contributed by atoms with E-state index in [1.54, 1.807) is 0 Å². The van der Waals surface area contributed by atoms with Crippen molar-refractivity contribution in [2.75, 3.05) is 39.6 Å². The van der Waals surface area contributed by atoms with E-state index < -0.39 is 0 Å². The average Bonchev–Trinajstić information content (AvgIpc) is 3.09. The van der Waals surface area contributed by atoms with Gasteiger partial charge in [-0.15, -0.1) is 0 Å². The smallest absolute Gasteiger partial charge is 1.00 e. The van der Waals surface area contributed by atoms with E-state index in [1.807, 2.05) is 0 Å². The second-order valence-corrected chi connectivity index (χ2v) is 3.96. The van der Waals surface area contributed by atoms with E-state index in [2.05, 4.69) is 0 Å². The van der Waals surface area contributed by atoms with Gasteiger partial charge in [0.25, 0.3) is 0 Å². The summed E-state index contributed by atoms with van der Waals surface area (Å²) < 4.78 is 14.8. The van der Waals surface area contributed by atoms with Crippen LogP contribution in [0.3, 0.4) is 0 Å². The summed E-state index contributed by atoms with van der Waals surface area (Å²) in [7, 11) is 0. The number of hydrogen-bond acceptors (Lipinski definition) is 3. The minimum absolute atomic E-state index is 0. The Morgan fingerprint density at radius 2 is 0.526 bits per heavy atom. The predicted molar refractivity (Wildman–Crippen MR) is 60.2 cm³/mol. The fourth-order valence-corrected chi connectivity index (χ4v) is 1.53. The molecule has 0 aromatic rings. The third-order valence-corrected chi connectivity index (χ3v) is 2.48. The number of ether oxygens (including phenoxy) is 3. The van der Waals surface area contributed by atoms with Gasteiger partial charge in [-0.05, 0) is 38.5 Å². The van der Waals surface area contributed by atoms with Crippen LogP contribution < -0.4 is 37.2 Å². The summed E-state index contributed by atoms with van der Waals surface area (Å²) in [6, 6.07) is 0. The van der Waals surface area contributed by atoms with Crippen LogP contribution in [0.2, 0.25) is 0 Å². The van der Waals surface area contributed by atoms with E-state index in [0.29, 0.717) is 0 Å². The van der Waals surface area contributed by atoms with Crippen LogP contribution in [0.15, 0.2) is 0 Å². The second kappa shape index (κ2) is 24.5. The molecule has 3 saturated heterocycles. The van der Waals surface area contributed by atoms with Gasteiger partial charge < -0.3 is 51.4 Å². The van der Waals surface area contributed by atoms with Crippen LogP contribution in [-0.4, -0.2) is 39.6 Å². The largest absolute Gasteiger partial charge is 3.00 e. The van der Waals surface area contributed by atoms with Gasteiger partial charge in [-0.1, -0.05) is 0 Å². The van der Waals surface area contributed by atoms with Gasteiger partial charge in [0, 0.05) is 39.6 Å². The molecule has 3 rings (SSSR count). The summed E-state index contributed by atoms with van der Waals surface area (Å²) in [6.07, 6.45) is 7.67. The van der Waals surface area contributed by atoms with Crippen LogP contribution in [0, 0.1) is 0 Å². The van der Waals surface area contributed by atoms with Crippen molar-refractivity contribution in [3.63, 3.8) is 0 Å². The molecule has 3 nitrogen and oxygen atoms in total. The Kier molecular flexibility index (Phi) is 36.9. The van der Waals surface area contributed by atoms with Gasteiger partial charge in [-0.2, -0.15) is 0 Å². The van der Waals surface area contributed by atoms with E-state index in [0.717, 1.165) is 39.6 Å². The van der Waals surface area contributed by atoms with Crippen molar-refractivity contribution in [3.8, 4) is 0 Å². The van der Waals surface area contributed by atoms with Crippen molar-refractivity contribution in [1.82, 2.24) is 0 Å². The van der Waals surface area contributed by atoms with Crippen molar-refractivity contribution in [2.45, 2.75) is 38.5 Å².